The molecule has 12 heteroatoms. The number of likely N-dealkylation sites (tertiary alicyclic amines) is 1. The zero-order chi connectivity index (χ0) is 22.3. The summed E-state index contributed by atoms with van der Waals surface area (Å²) in [7, 11) is -3.11. The van der Waals surface area contributed by atoms with E-state index in [0.717, 1.165) is 31.5 Å². The molecule has 2 aliphatic heterocycles. The van der Waals surface area contributed by atoms with Crippen LogP contribution in [0.25, 0.3) is 0 Å². The molecule has 30 heavy (non-hydrogen) atoms. The molecule has 2 atom stereocenters. The molecule has 1 aromatic rings. The summed E-state index contributed by atoms with van der Waals surface area (Å²) in [5.41, 5.74) is 1.13. The van der Waals surface area contributed by atoms with Crippen LogP contribution >= 0.6 is 0 Å². The molecule has 0 spiro atoms. The van der Waals surface area contributed by atoms with Crippen molar-refractivity contribution in [3.8, 4) is 0 Å². The Hall–Kier alpha value is -2.44. The molecule has 168 valence electrons. The summed E-state index contributed by atoms with van der Waals surface area (Å²) in [6.07, 6.45) is 4.67. The van der Waals surface area contributed by atoms with Crippen LogP contribution < -0.4 is 0 Å². The fourth-order valence-corrected chi connectivity index (χ4v) is 3.93. The second-order valence-corrected chi connectivity index (χ2v) is 9.58. The quantitative estimate of drug-likeness (QED) is 0.567. The Balaban J connectivity index is 0.000000469. The molecule has 2 N–H and O–H groups in total. The highest BCUT2D eigenvalue weighted by Crippen LogP contribution is 2.25. The molecule has 0 aliphatic carbocycles. The van der Waals surface area contributed by atoms with Gasteiger partial charge >= 0.3 is 11.9 Å². The summed E-state index contributed by atoms with van der Waals surface area (Å²) in [4.78, 5) is 34.5. The minimum atomic E-state index is -3.11. The van der Waals surface area contributed by atoms with Crippen LogP contribution in [0.3, 0.4) is 0 Å². The number of carboxylic acids is 2. The van der Waals surface area contributed by atoms with Crippen molar-refractivity contribution >= 4 is 27.7 Å². The number of ether oxygens (including phenoxy) is 1. The van der Waals surface area contributed by atoms with E-state index >= 15 is 0 Å². The lowest BCUT2D eigenvalue weighted by atomic mass is 10.1. The first-order valence-electron chi connectivity index (χ1n) is 9.32. The molecule has 2 saturated heterocycles. The molecule has 3 rings (SSSR count). The molecule has 2 fully saturated rings. The van der Waals surface area contributed by atoms with Crippen LogP contribution in [0.2, 0.25) is 0 Å². The Morgan fingerprint density at radius 2 is 1.87 bits per heavy atom. The number of hydrogen-bond acceptors (Lipinski definition) is 8. The number of amides is 1. The van der Waals surface area contributed by atoms with Crippen molar-refractivity contribution < 1.29 is 42.2 Å². The van der Waals surface area contributed by atoms with Gasteiger partial charge in [0, 0.05) is 56.9 Å². The Labute approximate surface area is 174 Å². The summed E-state index contributed by atoms with van der Waals surface area (Å²) >= 11 is 0. The Morgan fingerprint density at radius 1 is 1.17 bits per heavy atom. The molecule has 0 radical (unpaired) electrons. The number of hydrogen-bond donors (Lipinski definition) is 2. The minimum absolute atomic E-state index is 0.0431. The van der Waals surface area contributed by atoms with Gasteiger partial charge in [0.2, 0.25) is 5.91 Å². The van der Waals surface area contributed by atoms with Gasteiger partial charge in [-0.2, -0.15) is 0 Å². The van der Waals surface area contributed by atoms with Gasteiger partial charge in [-0.3, -0.25) is 9.69 Å². The zero-order valence-corrected chi connectivity index (χ0v) is 17.4. The molecule has 0 bridgehead atoms. The molecule has 1 aromatic heterocycles. The van der Waals surface area contributed by atoms with E-state index in [2.05, 4.69) is 4.90 Å². The normalized spacial score (nSPS) is 21.8. The Bertz CT molecular complexity index is 826. The fourth-order valence-electron chi connectivity index (χ4n) is 3.38. The minimum Gasteiger partial charge on any atom is -0.473 e. The van der Waals surface area contributed by atoms with E-state index in [4.69, 9.17) is 29.0 Å². The van der Waals surface area contributed by atoms with Crippen molar-refractivity contribution in [1.82, 2.24) is 9.80 Å². The lowest BCUT2D eigenvalue weighted by molar-refractivity contribution is -0.159. The largest absolute Gasteiger partial charge is 0.473 e. The highest BCUT2D eigenvalue weighted by Gasteiger charge is 2.38. The first-order chi connectivity index (χ1) is 14.0. The van der Waals surface area contributed by atoms with Crippen molar-refractivity contribution in [2.45, 2.75) is 19.1 Å². The lowest BCUT2D eigenvalue weighted by Crippen LogP contribution is -2.34. The first-order valence-corrected chi connectivity index (χ1v) is 11.4. The number of sulfone groups is 1. The second kappa shape index (κ2) is 10.5. The fraction of sp³-hybridized carbons (Fsp3) is 0.611. The zero-order valence-electron chi connectivity index (χ0n) is 16.6. The van der Waals surface area contributed by atoms with Crippen molar-refractivity contribution in [3.63, 3.8) is 0 Å². The van der Waals surface area contributed by atoms with Gasteiger partial charge in [0.05, 0.1) is 31.0 Å². The van der Waals surface area contributed by atoms with Gasteiger partial charge in [-0.15, -0.1) is 0 Å². The van der Waals surface area contributed by atoms with Crippen molar-refractivity contribution in [2.24, 2.45) is 5.92 Å². The van der Waals surface area contributed by atoms with Gasteiger partial charge in [-0.25, -0.2) is 18.0 Å². The third-order valence-corrected chi connectivity index (χ3v) is 5.77. The van der Waals surface area contributed by atoms with Gasteiger partial charge < -0.3 is 24.3 Å². The standard InChI is InChI=1S/C16H24N2O5S.C2H2O4/c1-24(20,21)7-3-16(19)18-10-14-9-17(4-6-23-15(14)11-18)8-13-2-5-22-12-13;3-1(4)2(5)6/h2,5,12,14-15H,3-4,6-11H2,1H3;(H,3,4)(H,5,6)/t14-,15+;/m0./s1. The highest BCUT2D eigenvalue weighted by atomic mass is 32.2. The van der Waals surface area contributed by atoms with E-state index in [-0.39, 0.29) is 30.1 Å². The molecule has 3 heterocycles. The predicted molar refractivity (Wildman–Crippen MR) is 103 cm³/mol. The first kappa shape index (κ1) is 23.8. The highest BCUT2D eigenvalue weighted by molar-refractivity contribution is 7.90. The van der Waals surface area contributed by atoms with Crippen LogP contribution in [0, 0.1) is 5.92 Å². The molecule has 0 unspecified atom stereocenters. The summed E-state index contributed by atoms with van der Waals surface area (Å²) in [5.74, 6) is -3.57. The maximum Gasteiger partial charge on any atom is 0.414 e. The van der Waals surface area contributed by atoms with Gasteiger partial charge in [0.1, 0.15) is 9.84 Å². The predicted octanol–water partition coefficient (Wildman–Crippen LogP) is -0.471. The van der Waals surface area contributed by atoms with Crippen molar-refractivity contribution in [1.29, 1.82) is 0 Å². The third-order valence-electron chi connectivity index (χ3n) is 4.82. The molecule has 0 saturated carbocycles. The average Bonchev–Trinajstić information content (AvgIpc) is 3.26. The smallest absolute Gasteiger partial charge is 0.414 e. The van der Waals surface area contributed by atoms with E-state index in [9.17, 15) is 13.2 Å². The van der Waals surface area contributed by atoms with Crippen molar-refractivity contribution in [3.05, 3.63) is 24.2 Å². The van der Waals surface area contributed by atoms with E-state index < -0.39 is 21.8 Å². The number of rotatable bonds is 5. The lowest BCUT2D eigenvalue weighted by Gasteiger charge is -2.22. The second-order valence-electron chi connectivity index (χ2n) is 7.32. The SMILES string of the molecule is CS(=O)(=O)CCC(=O)N1C[C@@H]2CN(Cc3ccoc3)CCO[C@@H]2C1.O=C(O)C(=O)O. The van der Waals surface area contributed by atoms with Crippen LogP contribution in [0.15, 0.2) is 23.0 Å². The number of furan rings is 1. The van der Waals surface area contributed by atoms with Crippen LogP contribution in [0.4, 0.5) is 0 Å². The van der Waals surface area contributed by atoms with Crippen LogP contribution in [-0.4, -0.2) is 97.2 Å². The van der Waals surface area contributed by atoms with E-state index in [1.807, 2.05) is 6.07 Å². The van der Waals surface area contributed by atoms with Crippen molar-refractivity contribution in [2.75, 3.05) is 44.8 Å². The van der Waals surface area contributed by atoms with E-state index in [1.54, 1.807) is 17.4 Å². The number of nitrogens with zero attached hydrogens (tertiary/aromatic N) is 2. The molecule has 0 aromatic carbocycles. The summed E-state index contributed by atoms with van der Waals surface area (Å²) in [6.45, 7) is 4.38. The average molecular weight is 446 g/mol. The van der Waals surface area contributed by atoms with Crippen LogP contribution in [0.1, 0.15) is 12.0 Å². The molecule has 2 aliphatic rings. The number of carbonyl (C=O) groups excluding carboxylic acids is 1. The van der Waals surface area contributed by atoms with Gasteiger partial charge in [0.15, 0.2) is 0 Å². The van der Waals surface area contributed by atoms with E-state index in [1.165, 1.54) is 0 Å². The maximum absolute atomic E-state index is 12.2. The number of carbonyl (C=O) groups is 3. The summed E-state index contributed by atoms with van der Waals surface area (Å²) in [6, 6.07) is 1.96. The molecule has 11 nitrogen and oxygen atoms in total. The number of carboxylic acid groups (broad SMARTS) is 2. The summed E-state index contributed by atoms with van der Waals surface area (Å²) < 4.78 is 33.5. The molecular formula is C18H26N2O9S. The monoisotopic (exact) mass is 446 g/mol. The van der Waals surface area contributed by atoms with Crippen LogP contribution in [-0.2, 0) is 35.5 Å². The number of fused-ring (bicyclic) bond motifs is 1. The summed E-state index contributed by atoms with van der Waals surface area (Å²) in [5, 5.41) is 14.8. The maximum atomic E-state index is 12.2. The Morgan fingerprint density at radius 3 is 2.43 bits per heavy atom. The Kier molecular flexibility index (Phi) is 8.38. The van der Waals surface area contributed by atoms with Crippen LogP contribution in [0.5, 0.6) is 0 Å². The molecule has 1 amide bonds. The third kappa shape index (κ3) is 7.76. The van der Waals surface area contributed by atoms with Gasteiger partial charge in [-0.1, -0.05) is 0 Å². The number of aliphatic carboxylic acids is 2. The molecular weight excluding hydrogens is 420 g/mol. The van der Waals surface area contributed by atoms with Gasteiger partial charge in [0.25, 0.3) is 0 Å². The van der Waals surface area contributed by atoms with E-state index in [0.29, 0.717) is 19.7 Å². The topological polar surface area (TPSA) is 155 Å². The van der Waals surface area contributed by atoms with Gasteiger partial charge in [-0.05, 0) is 6.07 Å².